The molecule has 2 fully saturated rings. The summed E-state index contributed by atoms with van der Waals surface area (Å²) < 4.78 is 3.06. The van der Waals surface area contributed by atoms with E-state index in [2.05, 4.69) is 16.9 Å². The summed E-state index contributed by atoms with van der Waals surface area (Å²) in [6.45, 7) is 0.645. The van der Waals surface area contributed by atoms with Crippen LogP contribution in [0.2, 0.25) is 0 Å². The molecule has 25 heavy (non-hydrogen) atoms. The van der Waals surface area contributed by atoms with E-state index in [4.69, 9.17) is 0 Å². The number of nitrogens with zero attached hydrogens (tertiary/aromatic N) is 1. The van der Waals surface area contributed by atoms with Crippen molar-refractivity contribution in [1.82, 2.24) is 9.62 Å². The smallest absolute Gasteiger partial charge is 0.223 e. The van der Waals surface area contributed by atoms with Gasteiger partial charge in [-0.2, -0.15) is 0 Å². The lowest BCUT2D eigenvalue weighted by Crippen LogP contribution is -2.49. The normalized spacial score (nSPS) is 25.9. The quantitative estimate of drug-likeness (QED) is 0.595. The number of rotatable bonds is 7. The van der Waals surface area contributed by atoms with Gasteiger partial charge < -0.3 is 9.69 Å². The van der Waals surface area contributed by atoms with Crippen molar-refractivity contribution < 1.29 is 14.4 Å². The third kappa shape index (κ3) is 4.30. The highest BCUT2D eigenvalue weighted by molar-refractivity contribution is 7.97. The van der Waals surface area contributed by atoms with E-state index in [0.29, 0.717) is 25.1 Å². The monoisotopic (exact) mass is 360 g/mol. The fourth-order valence-corrected chi connectivity index (χ4v) is 4.64. The minimum Gasteiger partial charge on any atom is -0.333 e. The van der Waals surface area contributed by atoms with Crippen molar-refractivity contribution in [2.24, 2.45) is 5.92 Å². The van der Waals surface area contributed by atoms with Gasteiger partial charge in [-0.3, -0.25) is 14.3 Å². The molecular weight excluding hydrogens is 336 g/mol. The number of carbonyl (C=O) groups is 3. The van der Waals surface area contributed by atoms with Crippen LogP contribution in [-0.2, 0) is 20.8 Å². The molecular formula is C19H24N2O3S. The standard InChI is InChI=1S/C19H24N2O3S/c22-12-15-13-25-20-18(15)19(24)16-9-5-11-21(16)17(23)10-4-8-14-6-2-1-3-7-14/h1-3,6-7,12,15-16,18,20H,4-5,8-11,13H2/t15-,16?,18?/m1/s1. The molecule has 134 valence electrons. The van der Waals surface area contributed by atoms with E-state index in [0.717, 1.165) is 25.5 Å². The lowest BCUT2D eigenvalue weighted by Gasteiger charge is -2.26. The molecule has 3 atom stereocenters. The van der Waals surface area contributed by atoms with Crippen LogP contribution in [-0.4, -0.2) is 47.3 Å². The molecule has 0 radical (unpaired) electrons. The van der Waals surface area contributed by atoms with Gasteiger partial charge in [-0.25, -0.2) is 0 Å². The van der Waals surface area contributed by atoms with Gasteiger partial charge in [-0.05, 0) is 31.2 Å². The van der Waals surface area contributed by atoms with Gasteiger partial charge in [-0.1, -0.05) is 42.3 Å². The summed E-state index contributed by atoms with van der Waals surface area (Å²) in [4.78, 5) is 38.3. The van der Waals surface area contributed by atoms with Gasteiger partial charge in [0.15, 0.2) is 5.78 Å². The Morgan fingerprint density at radius 3 is 2.84 bits per heavy atom. The van der Waals surface area contributed by atoms with Gasteiger partial charge >= 0.3 is 0 Å². The first kappa shape index (κ1) is 18.1. The van der Waals surface area contributed by atoms with Crippen LogP contribution in [0.5, 0.6) is 0 Å². The summed E-state index contributed by atoms with van der Waals surface area (Å²) in [7, 11) is 0. The predicted molar refractivity (Wildman–Crippen MR) is 98.1 cm³/mol. The number of aldehydes is 1. The molecule has 0 aromatic heterocycles. The molecule has 0 spiro atoms. The van der Waals surface area contributed by atoms with Crippen LogP contribution in [0, 0.1) is 5.92 Å². The summed E-state index contributed by atoms with van der Waals surface area (Å²) in [6.07, 6.45) is 4.53. The summed E-state index contributed by atoms with van der Waals surface area (Å²) in [5.41, 5.74) is 1.23. The molecule has 1 aromatic carbocycles. The van der Waals surface area contributed by atoms with Crippen molar-refractivity contribution in [3.63, 3.8) is 0 Å². The lowest BCUT2D eigenvalue weighted by molar-refractivity contribution is -0.138. The number of carbonyl (C=O) groups excluding carboxylic acids is 3. The number of hydrogen-bond acceptors (Lipinski definition) is 5. The molecule has 0 bridgehead atoms. The van der Waals surface area contributed by atoms with Crippen LogP contribution in [0.4, 0.5) is 0 Å². The largest absolute Gasteiger partial charge is 0.333 e. The number of aryl methyl sites for hydroxylation is 1. The molecule has 2 aliphatic heterocycles. The van der Waals surface area contributed by atoms with E-state index >= 15 is 0 Å². The Balaban J connectivity index is 1.54. The maximum absolute atomic E-state index is 12.8. The van der Waals surface area contributed by atoms with Crippen molar-refractivity contribution in [2.45, 2.75) is 44.2 Å². The van der Waals surface area contributed by atoms with Gasteiger partial charge in [0.25, 0.3) is 0 Å². The average Bonchev–Trinajstić information content (AvgIpc) is 3.31. The van der Waals surface area contributed by atoms with Crippen molar-refractivity contribution in [3.05, 3.63) is 35.9 Å². The second-order valence-electron chi connectivity index (χ2n) is 6.69. The molecule has 2 aliphatic rings. The predicted octanol–water partition coefficient (Wildman–Crippen LogP) is 2.00. The molecule has 5 nitrogen and oxygen atoms in total. The first-order valence-electron chi connectivity index (χ1n) is 8.90. The van der Waals surface area contributed by atoms with Crippen LogP contribution in [0.3, 0.4) is 0 Å². The SMILES string of the molecule is O=C[C@@H]1CSNC1C(=O)C1CCCN1C(=O)CCCc1ccccc1. The van der Waals surface area contributed by atoms with Crippen LogP contribution >= 0.6 is 11.9 Å². The summed E-state index contributed by atoms with van der Waals surface area (Å²) in [5, 5.41) is 0. The molecule has 0 saturated carbocycles. The number of nitrogens with one attached hydrogen (secondary N) is 1. The maximum Gasteiger partial charge on any atom is 0.223 e. The van der Waals surface area contributed by atoms with E-state index in [-0.39, 0.29) is 23.7 Å². The highest BCUT2D eigenvalue weighted by Gasteiger charge is 2.41. The third-order valence-electron chi connectivity index (χ3n) is 5.00. The zero-order valence-electron chi connectivity index (χ0n) is 14.2. The van der Waals surface area contributed by atoms with Crippen LogP contribution in [0.1, 0.15) is 31.2 Å². The van der Waals surface area contributed by atoms with Crippen molar-refractivity contribution in [2.75, 3.05) is 12.3 Å². The fourth-order valence-electron chi connectivity index (χ4n) is 3.60. The van der Waals surface area contributed by atoms with Gasteiger partial charge in [0.05, 0.1) is 12.1 Å². The van der Waals surface area contributed by atoms with E-state index in [1.165, 1.54) is 17.5 Å². The Labute approximate surface area is 152 Å². The van der Waals surface area contributed by atoms with Gasteiger partial charge in [-0.15, -0.1) is 0 Å². The first-order valence-corrected chi connectivity index (χ1v) is 9.89. The Kier molecular flexibility index (Phi) is 6.26. The lowest BCUT2D eigenvalue weighted by atomic mass is 9.94. The van der Waals surface area contributed by atoms with E-state index < -0.39 is 6.04 Å². The Hall–Kier alpha value is -1.66. The highest BCUT2D eigenvalue weighted by atomic mass is 32.2. The van der Waals surface area contributed by atoms with Crippen LogP contribution < -0.4 is 4.72 Å². The van der Waals surface area contributed by atoms with E-state index in [1.807, 2.05) is 18.2 Å². The second-order valence-corrected chi connectivity index (χ2v) is 7.55. The Bertz CT molecular complexity index is 622. The molecule has 2 heterocycles. The zero-order chi connectivity index (χ0) is 17.6. The second kappa shape index (κ2) is 8.63. The van der Waals surface area contributed by atoms with Crippen molar-refractivity contribution in [1.29, 1.82) is 0 Å². The summed E-state index contributed by atoms with van der Waals surface area (Å²) in [5.74, 6) is 0.390. The minimum absolute atomic E-state index is 0.00370. The van der Waals surface area contributed by atoms with Gasteiger partial charge in [0.1, 0.15) is 6.29 Å². The van der Waals surface area contributed by atoms with Gasteiger partial charge in [0.2, 0.25) is 5.91 Å². The molecule has 2 saturated heterocycles. The topological polar surface area (TPSA) is 66.5 Å². The Morgan fingerprint density at radius 2 is 2.08 bits per heavy atom. The molecule has 0 aliphatic carbocycles. The Morgan fingerprint density at radius 1 is 1.28 bits per heavy atom. The van der Waals surface area contributed by atoms with Crippen LogP contribution in [0.25, 0.3) is 0 Å². The number of Topliss-reactive ketones (excluding diaryl/α,β-unsaturated/α-hetero) is 1. The van der Waals surface area contributed by atoms with Crippen LogP contribution in [0.15, 0.2) is 30.3 Å². The molecule has 1 amide bonds. The highest BCUT2D eigenvalue weighted by Crippen LogP contribution is 2.26. The van der Waals surface area contributed by atoms with E-state index in [1.54, 1.807) is 4.90 Å². The third-order valence-corrected chi connectivity index (χ3v) is 5.97. The summed E-state index contributed by atoms with van der Waals surface area (Å²) >= 11 is 1.42. The number of hydrogen-bond donors (Lipinski definition) is 1. The van der Waals surface area contributed by atoms with Crippen molar-refractivity contribution >= 4 is 29.9 Å². The maximum atomic E-state index is 12.8. The molecule has 2 unspecified atom stereocenters. The molecule has 1 aromatic rings. The molecule has 3 rings (SSSR count). The fraction of sp³-hybridized carbons (Fsp3) is 0.526. The molecule has 6 heteroatoms. The number of likely N-dealkylation sites (tertiary alicyclic amines) is 1. The number of ketones is 1. The van der Waals surface area contributed by atoms with Crippen molar-refractivity contribution in [3.8, 4) is 0 Å². The average molecular weight is 360 g/mol. The minimum atomic E-state index is -0.454. The molecule has 1 N–H and O–H groups in total. The zero-order valence-corrected chi connectivity index (χ0v) is 15.0. The van der Waals surface area contributed by atoms with E-state index in [9.17, 15) is 14.4 Å². The first-order chi connectivity index (χ1) is 12.2. The van der Waals surface area contributed by atoms with Gasteiger partial charge in [0, 0.05) is 24.6 Å². The number of amides is 1. The number of benzene rings is 1. The summed E-state index contributed by atoms with van der Waals surface area (Å²) in [6, 6.07) is 9.29.